The molecular formula is C24H28N2O3. The lowest BCUT2D eigenvalue weighted by Gasteiger charge is -2.22. The highest BCUT2D eigenvalue weighted by Crippen LogP contribution is 2.24. The Morgan fingerprint density at radius 1 is 0.966 bits per heavy atom. The average molecular weight is 392 g/mol. The number of hydrogen-bond donors (Lipinski definition) is 2. The Morgan fingerprint density at radius 2 is 1.72 bits per heavy atom. The maximum atomic E-state index is 12.1. The van der Waals surface area contributed by atoms with Gasteiger partial charge in [-0.1, -0.05) is 49.7 Å². The molecule has 0 aliphatic rings. The van der Waals surface area contributed by atoms with Gasteiger partial charge < -0.3 is 10.1 Å². The number of hydrogen-bond acceptors (Lipinski definition) is 2. The van der Waals surface area contributed by atoms with Gasteiger partial charge in [0.15, 0.2) is 0 Å². The zero-order chi connectivity index (χ0) is 20.6. The van der Waals surface area contributed by atoms with E-state index in [4.69, 9.17) is 0 Å². The number of anilines is 1. The number of benzene rings is 2. The van der Waals surface area contributed by atoms with Crippen LogP contribution in [0, 0.1) is 0 Å². The summed E-state index contributed by atoms with van der Waals surface area (Å²) < 4.78 is 0. The molecule has 152 valence electrons. The molecule has 1 amide bonds. The number of para-hydroxylation sites is 2. The number of ketones is 1. The zero-order valence-electron chi connectivity index (χ0n) is 16.9. The number of fused-ring (bicyclic) bond motifs is 1. The number of H-pyrrole nitrogens is 1. The fourth-order valence-electron chi connectivity index (χ4n) is 3.65. The van der Waals surface area contributed by atoms with Crippen LogP contribution in [-0.4, -0.2) is 28.5 Å². The molecule has 0 bridgehead atoms. The van der Waals surface area contributed by atoms with E-state index in [2.05, 4.69) is 11.9 Å². The van der Waals surface area contributed by atoms with E-state index in [1.165, 1.54) is 4.90 Å². The first kappa shape index (κ1) is 20.6. The lowest BCUT2D eigenvalue weighted by Crippen LogP contribution is -2.32. The molecule has 5 heteroatoms. The van der Waals surface area contributed by atoms with Gasteiger partial charge in [-0.05, 0) is 42.5 Å². The third-order valence-electron chi connectivity index (χ3n) is 5.28. The molecule has 29 heavy (non-hydrogen) atoms. The molecule has 5 nitrogen and oxygen atoms in total. The van der Waals surface area contributed by atoms with Crippen molar-refractivity contribution in [3.63, 3.8) is 0 Å². The molecule has 0 unspecified atom stereocenters. The van der Waals surface area contributed by atoms with Gasteiger partial charge in [0.25, 0.3) is 0 Å². The second kappa shape index (κ2) is 9.92. The molecule has 0 radical (unpaired) electrons. The number of carboxylic acid groups (broad SMARTS) is 1. The molecule has 2 aromatic carbocycles. The summed E-state index contributed by atoms with van der Waals surface area (Å²) >= 11 is 0. The van der Waals surface area contributed by atoms with Crippen LogP contribution in [0.2, 0.25) is 0 Å². The number of nitrogens with one attached hydrogen (secondary N) is 1. The van der Waals surface area contributed by atoms with Crippen LogP contribution >= 0.6 is 0 Å². The minimum Gasteiger partial charge on any atom is -0.465 e. The maximum Gasteiger partial charge on any atom is 0.411 e. The molecule has 0 atom stereocenters. The molecule has 0 saturated heterocycles. The predicted octanol–water partition coefficient (Wildman–Crippen LogP) is 5.59. The Labute approximate surface area is 171 Å². The van der Waals surface area contributed by atoms with E-state index < -0.39 is 6.09 Å². The minimum atomic E-state index is -0.977. The van der Waals surface area contributed by atoms with E-state index in [0.717, 1.165) is 34.9 Å². The van der Waals surface area contributed by atoms with Crippen LogP contribution in [0.15, 0.2) is 54.7 Å². The summed E-state index contributed by atoms with van der Waals surface area (Å²) in [7, 11) is 0. The molecule has 0 spiro atoms. The molecule has 0 saturated carbocycles. The van der Waals surface area contributed by atoms with Crippen molar-refractivity contribution >= 4 is 28.5 Å². The van der Waals surface area contributed by atoms with Gasteiger partial charge in [-0.25, -0.2) is 4.79 Å². The van der Waals surface area contributed by atoms with Crippen LogP contribution in [0.5, 0.6) is 0 Å². The first-order chi connectivity index (χ1) is 14.1. The van der Waals surface area contributed by atoms with Crippen LogP contribution < -0.4 is 4.90 Å². The van der Waals surface area contributed by atoms with Gasteiger partial charge in [-0.3, -0.25) is 9.69 Å². The first-order valence-electron chi connectivity index (χ1n) is 10.2. The topological polar surface area (TPSA) is 73.4 Å². The quantitative estimate of drug-likeness (QED) is 0.472. The molecule has 3 aromatic rings. The molecule has 0 aliphatic heterocycles. The number of rotatable bonds is 10. The molecule has 1 aromatic heterocycles. The Morgan fingerprint density at radius 3 is 2.52 bits per heavy atom. The smallest absolute Gasteiger partial charge is 0.411 e. The van der Waals surface area contributed by atoms with Crippen molar-refractivity contribution in [1.82, 2.24) is 4.98 Å². The summed E-state index contributed by atoms with van der Waals surface area (Å²) in [6, 6.07) is 15.5. The summed E-state index contributed by atoms with van der Waals surface area (Å²) in [6.45, 7) is 2.43. The van der Waals surface area contributed by atoms with Gasteiger partial charge in [0.1, 0.15) is 5.78 Å². The second-order valence-electron chi connectivity index (χ2n) is 7.31. The Balaban J connectivity index is 1.73. The van der Waals surface area contributed by atoms with Crippen molar-refractivity contribution < 1.29 is 14.7 Å². The fourth-order valence-corrected chi connectivity index (χ4v) is 3.65. The summed E-state index contributed by atoms with van der Waals surface area (Å²) in [6.07, 6.45) is 5.11. The van der Waals surface area contributed by atoms with E-state index in [-0.39, 0.29) is 5.78 Å². The van der Waals surface area contributed by atoms with Crippen LogP contribution in [0.4, 0.5) is 10.5 Å². The number of carbonyl (C=O) groups is 2. The number of aromatic amines is 1. The lowest BCUT2D eigenvalue weighted by molar-refractivity contribution is -0.119. The minimum absolute atomic E-state index is 0.238. The first-order valence-corrected chi connectivity index (χ1v) is 10.2. The van der Waals surface area contributed by atoms with Gasteiger partial charge in [-0.2, -0.15) is 0 Å². The zero-order valence-corrected chi connectivity index (χ0v) is 16.9. The van der Waals surface area contributed by atoms with Crippen LogP contribution in [0.3, 0.4) is 0 Å². The van der Waals surface area contributed by atoms with Crippen LogP contribution in [-0.2, 0) is 17.6 Å². The fraction of sp³-hybridized carbons (Fsp3) is 0.333. The maximum absolute atomic E-state index is 12.1. The van der Waals surface area contributed by atoms with E-state index in [9.17, 15) is 14.7 Å². The van der Waals surface area contributed by atoms with Gasteiger partial charge in [0.05, 0.1) is 5.69 Å². The largest absolute Gasteiger partial charge is 0.465 e. The number of unbranched alkanes of at least 4 members (excludes halogenated alkanes) is 1. The van der Waals surface area contributed by atoms with Crippen molar-refractivity contribution in [3.8, 4) is 0 Å². The van der Waals surface area contributed by atoms with E-state index in [1.807, 2.05) is 54.7 Å². The molecular weight excluding hydrogens is 364 g/mol. The van der Waals surface area contributed by atoms with Crippen LogP contribution in [0.1, 0.15) is 43.7 Å². The van der Waals surface area contributed by atoms with Gasteiger partial charge >= 0.3 is 6.09 Å². The van der Waals surface area contributed by atoms with Gasteiger partial charge in [0.2, 0.25) is 0 Å². The number of aryl methyl sites for hydroxylation is 1. The predicted molar refractivity (Wildman–Crippen MR) is 117 cm³/mol. The monoisotopic (exact) mass is 392 g/mol. The Kier molecular flexibility index (Phi) is 7.06. The molecule has 0 fully saturated rings. The third-order valence-corrected chi connectivity index (χ3v) is 5.28. The van der Waals surface area contributed by atoms with Gasteiger partial charge in [0, 0.05) is 36.5 Å². The standard InChI is InChI=1S/C24H28N2O3/c1-2-3-9-20(27)14-13-18-8-4-7-12-23(18)26(24(28)29)16-15-19-17-25-22-11-6-5-10-21(19)22/h4-8,10-12,17,25H,2-3,9,13-16H2,1H3,(H,28,29). The molecule has 0 aliphatic carbocycles. The van der Waals surface area contributed by atoms with E-state index in [0.29, 0.717) is 37.9 Å². The average Bonchev–Trinajstić information content (AvgIpc) is 3.14. The number of amides is 1. The highest BCUT2D eigenvalue weighted by Gasteiger charge is 2.18. The number of Topliss-reactive ketones (excluding diaryl/α,β-unsaturated/α-hetero) is 1. The summed E-state index contributed by atoms with van der Waals surface area (Å²) in [4.78, 5) is 28.7. The molecule has 3 rings (SSSR count). The third kappa shape index (κ3) is 5.25. The van der Waals surface area contributed by atoms with Crippen molar-refractivity contribution in [2.24, 2.45) is 0 Å². The normalized spacial score (nSPS) is 10.9. The Bertz CT molecular complexity index is 977. The summed E-state index contributed by atoms with van der Waals surface area (Å²) in [5.41, 5.74) is 3.72. The lowest BCUT2D eigenvalue weighted by atomic mass is 10.0. The van der Waals surface area contributed by atoms with E-state index in [1.54, 1.807) is 0 Å². The van der Waals surface area contributed by atoms with Gasteiger partial charge in [-0.15, -0.1) is 0 Å². The highest BCUT2D eigenvalue weighted by atomic mass is 16.4. The van der Waals surface area contributed by atoms with Crippen molar-refractivity contribution in [2.75, 3.05) is 11.4 Å². The second-order valence-corrected chi connectivity index (χ2v) is 7.31. The molecule has 2 N–H and O–H groups in total. The van der Waals surface area contributed by atoms with Crippen molar-refractivity contribution in [3.05, 3.63) is 65.9 Å². The Hall–Kier alpha value is -3.08. The summed E-state index contributed by atoms with van der Waals surface area (Å²) in [5.74, 6) is 0.238. The highest BCUT2D eigenvalue weighted by molar-refractivity contribution is 5.88. The van der Waals surface area contributed by atoms with E-state index >= 15 is 0 Å². The van der Waals surface area contributed by atoms with Crippen LogP contribution in [0.25, 0.3) is 10.9 Å². The number of aromatic nitrogens is 1. The number of nitrogens with zero attached hydrogens (tertiary/aromatic N) is 1. The molecule has 1 heterocycles. The summed E-state index contributed by atoms with van der Waals surface area (Å²) in [5, 5.41) is 11.0. The van der Waals surface area contributed by atoms with Crippen molar-refractivity contribution in [2.45, 2.75) is 45.4 Å². The van der Waals surface area contributed by atoms with Crippen molar-refractivity contribution in [1.29, 1.82) is 0 Å². The SMILES string of the molecule is CCCCC(=O)CCc1ccccc1N(CCc1c[nH]c2ccccc12)C(=O)O. The number of carbonyl (C=O) groups excluding carboxylic acids is 1.